The number of aryl methyl sites for hydroxylation is 1. The number of fused-ring (bicyclic) bond motifs is 1. The predicted octanol–water partition coefficient (Wildman–Crippen LogP) is 3.17. The maximum atomic E-state index is 13.0. The van der Waals surface area contributed by atoms with Crippen LogP contribution < -0.4 is 0 Å². The van der Waals surface area contributed by atoms with Gasteiger partial charge in [0.1, 0.15) is 0 Å². The topological polar surface area (TPSA) is 55.3 Å². The summed E-state index contributed by atoms with van der Waals surface area (Å²) in [5.74, 6) is 0.105. The molecule has 1 saturated heterocycles. The molecule has 1 aliphatic heterocycles. The van der Waals surface area contributed by atoms with Crippen LogP contribution in [0.25, 0.3) is 10.1 Å². The molecule has 1 atom stereocenters. The van der Waals surface area contributed by atoms with Gasteiger partial charge in [0, 0.05) is 29.8 Å². The summed E-state index contributed by atoms with van der Waals surface area (Å²) >= 11 is 1.56. The highest BCUT2D eigenvalue weighted by atomic mass is 32.1. The van der Waals surface area contributed by atoms with E-state index in [1.165, 1.54) is 0 Å². The number of aromatic nitrogens is 2. The van der Waals surface area contributed by atoms with Crippen LogP contribution in [0.2, 0.25) is 0 Å². The van der Waals surface area contributed by atoms with Crippen molar-refractivity contribution >= 4 is 27.3 Å². The van der Waals surface area contributed by atoms with Crippen molar-refractivity contribution in [1.29, 1.82) is 0 Å². The number of morpholine rings is 1. The third-order valence-electron chi connectivity index (χ3n) is 4.48. The van der Waals surface area contributed by atoms with E-state index < -0.39 is 0 Å². The van der Waals surface area contributed by atoms with Crippen molar-refractivity contribution in [3.8, 4) is 0 Å². The molecule has 0 unspecified atom stereocenters. The van der Waals surface area contributed by atoms with Gasteiger partial charge in [0.25, 0.3) is 5.91 Å². The molecular weight excluding hydrogens is 334 g/mol. The lowest BCUT2D eigenvalue weighted by atomic mass is 10.1. The zero-order chi connectivity index (χ0) is 17.1. The minimum atomic E-state index is 0.0773. The number of rotatable bonds is 4. The Hall–Kier alpha value is -2.31. The molecule has 128 valence electrons. The molecule has 1 amide bonds. The van der Waals surface area contributed by atoms with Crippen molar-refractivity contribution in [3.63, 3.8) is 0 Å². The summed E-state index contributed by atoms with van der Waals surface area (Å²) in [5, 5.41) is 1.13. The van der Waals surface area contributed by atoms with E-state index in [-0.39, 0.29) is 11.9 Å². The molecule has 3 aromatic rings. The van der Waals surface area contributed by atoms with Crippen LogP contribution in [0.3, 0.4) is 0 Å². The second kappa shape index (κ2) is 7.29. The molecule has 1 aromatic carbocycles. The standard InChI is InChI=1S/C19H19N3O2S/c23-19(18-11-14-3-1-2-4-17(14)25-18)22-9-10-24-13-16(22)6-5-15-12-20-7-8-21-15/h1-4,7-8,11-12,16H,5-6,9-10,13H2/t16-/m0/s1. The fourth-order valence-corrected chi connectivity index (χ4v) is 4.18. The molecule has 0 aliphatic carbocycles. The predicted molar refractivity (Wildman–Crippen MR) is 97.8 cm³/mol. The van der Waals surface area contributed by atoms with Crippen LogP contribution in [0.15, 0.2) is 48.9 Å². The molecule has 4 rings (SSSR count). The van der Waals surface area contributed by atoms with Crippen LogP contribution in [0, 0.1) is 0 Å². The minimum absolute atomic E-state index is 0.0773. The number of benzene rings is 1. The largest absolute Gasteiger partial charge is 0.377 e. The number of thiophene rings is 1. The normalized spacial score (nSPS) is 17.8. The van der Waals surface area contributed by atoms with Crippen molar-refractivity contribution in [2.45, 2.75) is 18.9 Å². The summed E-state index contributed by atoms with van der Waals surface area (Å²) in [6.07, 6.45) is 6.77. The number of nitrogens with zero attached hydrogens (tertiary/aromatic N) is 3. The highest BCUT2D eigenvalue weighted by Crippen LogP contribution is 2.27. The molecule has 6 heteroatoms. The molecule has 25 heavy (non-hydrogen) atoms. The summed E-state index contributed by atoms with van der Waals surface area (Å²) in [5.41, 5.74) is 0.947. The number of carbonyl (C=O) groups is 1. The Labute approximate surface area is 150 Å². The van der Waals surface area contributed by atoms with Gasteiger partial charge in [-0.3, -0.25) is 14.8 Å². The smallest absolute Gasteiger partial charge is 0.264 e. The van der Waals surface area contributed by atoms with E-state index in [0.29, 0.717) is 19.8 Å². The average molecular weight is 353 g/mol. The van der Waals surface area contributed by atoms with Crippen LogP contribution in [-0.4, -0.2) is 46.6 Å². The first-order valence-corrected chi connectivity index (χ1v) is 9.25. The summed E-state index contributed by atoms with van der Waals surface area (Å²) < 4.78 is 6.77. The summed E-state index contributed by atoms with van der Waals surface area (Å²) in [4.78, 5) is 24.2. The Morgan fingerprint density at radius 1 is 1.32 bits per heavy atom. The minimum Gasteiger partial charge on any atom is -0.377 e. The highest BCUT2D eigenvalue weighted by molar-refractivity contribution is 7.20. The number of hydrogen-bond donors (Lipinski definition) is 0. The van der Waals surface area contributed by atoms with Crippen LogP contribution in [0.4, 0.5) is 0 Å². The molecule has 2 aromatic heterocycles. The van der Waals surface area contributed by atoms with E-state index in [4.69, 9.17) is 4.74 Å². The average Bonchev–Trinajstić information content (AvgIpc) is 3.11. The number of carbonyl (C=O) groups excluding carboxylic acids is 1. The Kier molecular flexibility index (Phi) is 4.72. The number of amides is 1. The van der Waals surface area contributed by atoms with Gasteiger partial charge >= 0.3 is 0 Å². The van der Waals surface area contributed by atoms with E-state index >= 15 is 0 Å². The van der Waals surface area contributed by atoms with Gasteiger partial charge in [0.2, 0.25) is 0 Å². The molecule has 5 nitrogen and oxygen atoms in total. The lowest BCUT2D eigenvalue weighted by molar-refractivity contribution is -0.00386. The van der Waals surface area contributed by atoms with Gasteiger partial charge < -0.3 is 9.64 Å². The van der Waals surface area contributed by atoms with Crippen LogP contribution in [0.5, 0.6) is 0 Å². The number of hydrogen-bond acceptors (Lipinski definition) is 5. The second-order valence-corrected chi connectivity index (χ2v) is 7.19. The molecule has 0 spiro atoms. The quantitative estimate of drug-likeness (QED) is 0.723. The van der Waals surface area contributed by atoms with Gasteiger partial charge in [-0.2, -0.15) is 0 Å². The Bertz CT molecular complexity index is 832. The maximum Gasteiger partial charge on any atom is 0.264 e. The molecule has 0 radical (unpaired) electrons. The van der Waals surface area contributed by atoms with E-state index in [0.717, 1.165) is 33.5 Å². The van der Waals surface area contributed by atoms with Crippen molar-refractivity contribution in [2.75, 3.05) is 19.8 Å². The summed E-state index contributed by atoms with van der Waals surface area (Å²) in [6, 6.07) is 10.2. The van der Waals surface area contributed by atoms with E-state index in [1.54, 1.807) is 29.9 Å². The van der Waals surface area contributed by atoms with E-state index in [2.05, 4.69) is 16.0 Å². The lowest BCUT2D eigenvalue weighted by Gasteiger charge is -2.35. The van der Waals surface area contributed by atoms with Gasteiger partial charge in [-0.1, -0.05) is 18.2 Å². The first kappa shape index (κ1) is 16.2. The molecule has 1 fully saturated rings. The fraction of sp³-hybridized carbons (Fsp3) is 0.316. The molecule has 0 bridgehead atoms. The van der Waals surface area contributed by atoms with Crippen LogP contribution >= 0.6 is 11.3 Å². The molecule has 0 N–H and O–H groups in total. The van der Waals surface area contributed by atoms with Gasteiger partial charge in [-0.15, -0.1) is 11.3 Å². The highest BCUT2D eigenvalue weighted by Gasteiger charge is 2.28. The van der Waals surface area contributed by atoms with Crippen molar-refractivity contribution in [1.82, 2.24) is 14.9 Å². The van der Waals surface area contributed by atoms with Crippen LogP contribution in [-0.2, 0) is 11.2 Å². The summed E-state index contributed by atoms with van der Waals surface area (Å²) in [7, 11) is 0. The Morgan fingerprint density at radius 3 is 3.08 bits per heavy atom. The van der Waals surface area contributed by atoms with Crippen LogP contribution in [0.1, 0.15) is 21.8 Å². The second-order valence-electron chi connectivity index (χ2n) is 6.11. The first-order valence-electron chi connectivity index (χ1n) is 8.43. The summed E-state index contributed by atoms with van der Waals surface area (Å²) in [6.45, 7) is 1.81. The fourth-order valence-electron chi connectivity index (χ4n) is 3.16. The van der Waals surface area contributed by atoms with Gasteiger partial charge in [0.05, 0.1) is 29.8 Å². The Balaban J connectivity index is 1.50. The molecular formula is C19H19N3O2S. The monoisotopic (exact) mass is 353 g/mol. The van der Waals surface area contributed by atoms with E-state index in [1.807, 2.05) is 29.2 Å². The van der Waals surface area contributed by atoms with Gasteiger partial charge in [-0.05, 0) is 30.4 Å². The molecule has 1 aliphatic rings. The zero-order valence-corrected chi connectivity index (χ0v) is 14.6. The van der Waals surface area contributed by atoms with E-state index in [9.17, 15) is 4.79 Å². The Morgan fingerprint density at radius 2 is 2.24 bits per heavy atom. The molecule has 0 saturated carbocycles. The maximum absolute atomic E-state index is 13.0. The lowest BCUT2D eigenvalue weighted by Crippen LogP contribution is -2.48. The first-order chi connectivity index (χ1) is 12.3. The van der Waals surface area contributed by atoms with Crippen molar-refractivity contribution in [3.05, 3.63) is 59.5 Å². The van der Waals surface area contributed by atoms with Crippen molar-refractivity contribution in [2.24, 2.45) is 0 Å². The number of ether oxygens (including phenoxy) is 1. The zero-order valence-electron chi connectivity index (χ0n) is 13.8. The third-order valence-corrected chi connectivity index (χ3v) is 5.58. The van der Waals surface area contributed by atoms with Crippen molar-refractivity contribution < 1.29 is 9.53 Å². The third kappa shape index (κ3) is 3.55. The SMILES string of the molecule is O=C(c1cc2ccccc2s1)N1CCOC[C@@H]1CCc1cnccn1. The molecule has 3 heterocycles. The van der Waals surface area contributed by atoms with Gasteiger partial charge in [-0.25, -0.2) is 0 Å². The van der Waals surface area contributed by atoms with Gasteiger partial charge in [0.15, 0.2) is 0 Å².